The SMILES string of the molecule is CC(Nc1c(F)cccc1Cl)c1ccc(C(C)(C)C)cc1. The molecule has 1 unspecified atom stereocenters. The van der Waals surface area contributed by atoms with Gasteiger partial charge in [-0.15, -0.1) is 0 Å². The highest BCUT2D eigenvalue weighted by Crippen LogP contribution is 2.29. The van der Waals surface area contributed by atoms with Crippen LogP contribution in [0.4, 0.5) is 10.1 Å². The van der Waals surface area contributed by atoms with Crippen LogP contribution in [-0.2, 0) is 5.41 Å². The second kappa shape index (κ2) is 6.07. The van der Waals surface area contributed by atoms with E-state index in [1.807, 2.05) is 6.92 Å². The standard InChI is InChI=1S/C18H21ClFN/c1-12(21-17-15(19)6-5-7-16(17)20)13-8-10-14(11-9-13)18(2,3)4/h5-12,21H,1-4H3. The number of hydrogen-bond acceptors (Lipinski definition) is 1. The van der Waals surface area contributed by atoms with Crippen molar-refractivity contribution in [2.45, 2.75) is 39.2 Å². The van der Waals surface area contributed by atoms with Crippen LogP contribution < -0.4 is 5.32 Å². The Morgan fingerprint density at radius 3 is 2.19 bits per heavy atom. The molecular formula is C18H21ClFN. The monoisotopic (exact) mass is 305 g/mol. The van der Waals surface area contributed by atoms with Crippen LogP contribution in [0.2, 0.25) is 5.02 Å². The van der Waals surface area contributed by atoms with Crippen LogP contribution in [-0.4, -0.2) is 0 Å². The maximum absolute atomic E-state index is 13.8. The van der Waals surface area contributed by atoms with Gasteiger partial charge in [-0.2, -0.15) is 0 Å². The molecule has 3 heteroatoms. The number of anilines is 1. The highest BCUT2D eigenvalue weighted by Gasteiger charge is 2.15. The van der Waals surface area contributed by atoms with E-state index in [0.717, 1.165) is 5.56 Å². The summed E-state index contributed by atoms with van der Waals surface area (Å²) in [6.07, 6.45) is 0. The quantitative estimate of drug-likeness (QED) is 0.739. The molecule has 1 N–H and O–H groups in total. The maximum Gasteiger partial charge on any atom is 0.147 e. The van der Waals surface area contributed by atoms with Gasteiger partial charge in [0.1, 0.15) is 5.82 Å². The molecule has 2 aromatic carbocycles. The number of rotatable bonds is 3. The van der Waals surface area contributed by atoms with E-state index in [1.165, 1.54) is 11.6 Å². The summed E-state index contributed by atoms with van der Waals surface area (Å²) >= 11 is 6.04. The Labute approximate surface area is 131 Å². The first kappa shape index (κ1) is 15.8. The predicted molar refractivity (Wildman–Crippen MR) is 88.6 cm³/mol. The first-order valence-electron chi connectivity index (χ1n) is 7.10. The van der Waals surface area contributed by atoms with Gasteiger partial charge >= 0.3 is 0 Å². The van der Waals surface area contributed by atoms with Crippen LogP contribution in [0.15, 0.2) is 42.5 Å². The van der Waals surface area contributed by atoms with Crippen molar-refractivity contribution < 1.29 is 4.39 Å². The van der Waals surface area contributed by atoms with E-state index in [2.05, 4.69) is 50.4 Å². The summed E-state index contributed by atoms with van der Waals surface area (Å²) in [4.78, 5) is 0. The van der Waals surface area contributed by atoms with Crippen molar-refractivity contribution in [1.82, 2.24) is 0 Å². The van der Waals surface area contributed by atoms with Gasteiger partial charge in [0.15, 0.2) is 0 Å². The second-order valence-electron chi connectivity index (χ2n) is 6.33. The van der Waals surface area contributed by atoms with Crippen LogP contribution in [0.3, 0.4) is 0 Å². The molecule has 2 aromatic rings. The number of benzene rings is 2. The van der Waals surface area contributed by atoms with Gasteiger partial charge in [0.25, 0.3) is 0 Å². The van der Waals surface area contributed by atoms with Crippen molar-refractivity contribution in [3.8, 4) is 0 Å². The van der Waals surface area contributed by atoms with Crippen LogP contribution >= 0.6 is 11.6 Å². The summed E-state index contributed by atoms with van der Waals surface area (Å²) in [6.45, 7) is 8.54. The van der Waals surface area contributed by atoms with Crippen molar-refractivity contribution in [3.05, 3.63) is 64.4 Å². The third-order valence-electron chi connectivity index (χ3n) is 3.60. The van der Waals surface area contributed by atoms with Crippen molar-refractivity contribution in [1.29, 1.82) is 0 Å². The largest absolute Gasteiger partial charge is 0.375 e. The van der Waals surface area contributed by atoms with Gasteiger partial charge in [-0.3, -0.25) is 0 Å². The average Bonchev–Trinajstić information content (AvgIpc) is 2.42. The van der Waals surface area contributed by atoms with Gasteiger partial charge in [0.05, 0.1) is 10.7 Å². The van der Waals surface area contributed by atoms with Crippen LogP contribution in [0.5, 0.6) is 0 Å². The van der Waals surface area contributed by atoms with Gasteiger partial charge in [-0.25, -0.2) is 4.39 Å². The summed E-state index contributed by atoms with van der Waals surface area (Å²) in [5, 5.41) is 3.54. The van der Waals surface area contributed by atoms with Crippen molar-refractivity contribution in [2.75, 3.05) is 5.32 Å². The molecule has 1 nitrogen and oxygen atoms in total. The molecule has 21 heavy (non-hydrogen) atoms. The summed E-state index contributed by atoms with van der Waals surface area (Å²) in [5.74, 6) is -0.333. The Bertz CT molecular complexity index is 594. The minimum atomic E-state index is -0.333. The lowest BCUT2D eigenvalue weighted by molar-refractivity contribution is 0.589. The number of hydrogen-bond donors (Lipinski definition) is 1. The lowest BCUT2D eigenvalue weighted by Gasteiger charge is -2.21. The van der Waals surface area contributed by atoms with E-state index >= 15 is 0 Å². The molecule has 0 heterocycles. The zero-order chi connectivity index (χ0) is 15.6. The lowest BCUT2D eigenvalue weighted by atomic mass is 9.86. The molecule has 0 aliphatic rings. The maximum atomic E-state index is 13.8. The average molecular weight is 306 g/mol. The Morgan fingerprint density at radius 1 is 1.05 bits per heavy atom. The molecule has 0 amide bonds. The molecule has 0 saturated carbocycles. The van der Waals surface area contributed by atoms with Crippen molar-refractivity contribution in [3.63, 3.8) is 0 Å². The van der Waals surface area contributed by atoms with E-state index in [-0.39, 0.29) is 17.3 Å². The molecule has 1 atom stereocenters. The van der Waals surface area contributed by atoms with Gasteiger partial charge in [-0.05, 0) is 35.6 Å². The van der Waals surface area contributed by atoms with Gasteiger partial charge in [0.2, 0.25) is 0 Å². The Hall–Kier alpha value is -1.54. The van der Waals surface area contributed by atoms with Gasteiger partial charge < -0.3 is 5.32 Å². The van der Waals surface area contributed by atoms with Crippen molar-refractivity contribution in [2.24, 2.45) is 0 Å². The molecule has 0 fully saturated rings. The van der Waals surface area contributed by atoms with Crippen molar-refractivity contribution >= 4 is 17.3 Å². The van der Waals surface area contributed by atoms with E-state index < -0.39 is 0 Å². The first-order chi connectivity index (χ1) is 9.79. The zero-order valence-electron chi connectivity index (χ0n) is 12.9. The summed E-state index contributed by atoms with van der Waals surface area (Å²) in [7, 11) is 0. The molecular weight excluding hydrogens is 285 g/mol. The third-order valence-corrected chi connectivity index (χ3v) is 3.92. The fourth-order valence-corrected chi connectivity index (χ4v) is 2.42. The Kier molecular flexibility index (Phi) is 4.58. The molecule has 0 aliphatic heterocycles. The summed E-state index contributed by atoms with van der Waals surface area (Å²) in [6, 6.07) is 13.1. The molecule has 0 bridgehead atoms. The predicted octanol–water partition coefficient (Wildman–Crippen LogP) is 5.95. The Morgan fingerprint density at radius 2 is 1.67 bits per heavy atom. The van der Waals surface area contributed by atoms with Gasteiger partial charge in [-0.1, -0.05) is 62.7 Å². The highest BCUT2D eigenvalue weighted by molar-refractivity contribution is 6.33. The molecule has 0 aromatic heterocycles. The number of halogens is 2. The molecule has 0 radical (unpaired) electrons. The summed E-state index contributed by atoms with van der Waals surface area (Å²) in [5.41, 5.74) is 2.86. The lowest BCUT2D eigenvalue weighted by Crippen LogP contribution is -2.12. The van der Waals surface area contributed by atoms with E-state index in [4.69, 9.17) is 11.6 Å². The molecule has 0 spiro atoms. The fourth-order valence-electron chi connectivity index (χ4n) is 2.21. The van der Waals surface area contributed by atoms with Crippen LogP contribution in [0.25, 0.3) is 0 Å². The van der Waals surface area contributed by atoms with Crippen LogP contribution in [0, 0.1) is 5.82 Å². The van der Waals surface area contributed by atoms with Crippen LogP contribution in [0.1, 0.15) is 44.9 Å². The minimum absolute atomic E-state index is 0.0200. The third kappa shape index (κ3) is 3.76. The second-order valence-corrected chi connectivity index (χ2v) is 6.74. The Balaban J connectivity index is 2.19. The number of para-hydroxylation sites is 1. The summed E-state index contributed by atoms with van der Waals surface area (Å²) < 4.78 is 13.8. The molecule has 0 saturated heterocycles. The van der Waals surface area contributed by atoms with Gasteiger partial charge in [0, 0.05) is 6.04 Å². The molecule has 0 aliphatic carbocycles. The zero-order valence-corrected chi connectivity index (χ0v) is 13.6. The number of nitrogens with one attached hydrogen (secondary N) is 1. The molecule has 112 valence electrons. The molecule has 2 rings (SSSR count). The van der Waals surface area contributed by atoms with E-state index in [0.29, 0.717) is 10.7 Å². The van der Waals surface area contributed by atoms with E-state index in [1.54, 1.807) is 12.1 Å². The smallest absolute Gasteiger partial charge is 0.147 e. The fraction of sp³-hybridized carbons (Fsp3) is 0.333. The minimum Gasteiger partial charge on any atom is -0.375 e. The topological polar surface area (TPSA) is 12.0 Å². The highest BCUT2D eigenvalue weighted by atomic mass is 35.5. The normalized spacial score (nSPS) is 13.0. The van der Waals surface area contributed by atoms with E-state index in [9.17, 15) is 4.39 Å². The first-order valence-corrected chi connectivity index (χ1v) is 7.48.